The molecule has 0 aliphatic rings. The molecule has 0 radical (unpaired) electrons. The Bertz CT molecular complexity index is 896. The molecular weight excluding hydrogens is 378 g/mol. The minimum Gasteiger partial charge on any atom is -0.419 e. The Morgan fingerprint density at radius 1 is 1.00 bits per heavy atom. The summed E-state index contributed by atoms with van der Waals surface area (Å²) >= 11 is 12.0. The Morgan fingerprint density at radius 3 is 2.48 bits per heavy atom. The smallest absolute Gasteiger partial charge is 0.416 e. The van der Waals surface area contributed by atoms with Gasteiger partial charge in [0.15, 0.2) is 0 Å². The summed E-state index contributed by atoms with van der Waals surface area (Å²) in [4.78, 5) is 0. The van der Waals surface area contributed by atoms with Crippen LogP contribution in [0, 0.1) is 0 Å². The molecule has 0 fully saturated rings. The van der Waals surface area contributed by atoms with E-state index in [9.17, 15) is 13.2 Å². The monoisotopic (exact) mass is 387 g/mol. The van der Waals surface area contributed by atoms with Crippen LogP contribution in [-0.4, -0.2) is 10.2 Å². The van der Waals surface area contributed by atoms with Gasteiger partial charge in [-0.05, 0) is 30.3 Å². The third-order valence-corrected chi connectivity index (χ3v) is 3.95. The summed E-state index contributed by atoms with van der Waals surface area (Å²) in [5, 5.41) is 11.1. The minimum atomic E-state index is -4.46. The summed E-state index contributed by atoms with van der Waals surface area (Å²) in [6, 6.07) is 9.95. The van der Waals surface area contributed by atoms with Gasteiger partial charge in [-0.2, -0.15) is 13.2 Å². The summed E-state index contributed by atoms with van der Waals surface area (Å²) in [6.07, 6.45) is -4.46. The molecule has 0 atom stereocenters. The summed E-state index contributed by atoms with van der Waals surface area (Å²) in [5.41, 5.74) is -0.115. The van der Waals surface area contributed by atoms with Crippen LogP contribution >= 0.6 is 23.2 Å². The number of benzene rings is 2. The molecule has 4 nitrogen and oxygen atoms in total. The minimum absolute atomic E-state index is 0.0124. The normalized spacial score (nSPS) is 11.6. The third-order valence-electron chi connectivity index (χ3n) is 3.29. The first-order valence-corrected chi connectivity index (χ1v) is 7.78. The molecule has 9 heteroatoms. The largest absolute Gasteiger partial charge is 0.419 e. The predicted octanol–water partition coefficient (Wildman–Crippen LogP) is 5.67. The molecule has 130 valence electrons. The fraction of sp³-hybridized carbons (Fsp3) is 0.125. The van der Waals surface area contributed by atoms with Gasteiger partial charge >= 0.3 is 6.18 Å². The molecule has 3 rings (SSSR count). The zero-order valence-corrected chi connectivity index (χ0v) is 14.0. The molecule has 0 unspecified atom stereocenters. The fourth-order valence-electron chi connectivity index (χ4n) is 2.08. The molecule has 0 spiro atoms. The highest BCUT2D eigenvalue weighted by molar-refractivity contribution is 6.33. The van der Waals surface area contributed by atoms with Gasteiger partial charge in [0.05, 0.1) is 33.4 Å². The van der Waals surface area contributed by atoms with Crippen LogP contribution < -0.4 is 5.32 Å². The van der Waals surface area contributed by atoms with Gasteiger partial charge in [-0.3, -0.25) is 0 Å². The molecular formula is C16H10Cl2F3N3O. The first-order valence-electron chi connectivity index (χ1n) is 7.02. The molecule has 2 aromatic carbocycles. The molecule has 0 saturated heterocycles. The van der Waals surface area contributed by atoms with Crippen molar-refractivity contribution >= 4 is 28.9 Å². The molecule has 0 aliphatic carbocycles. The van der Waals surface area contributed by atoms with Crippen molar-refractivity contribution in [1.29, 1.82) is 0 Å². The Morgan fingerprint density at radius 2 is 1.76 bits per heavy atom. The lowest BCUT2D eigenvalue weighted by atomic mass is 10.2. The first kappa shape index (κ1) is 17.6. The molecule has 0 bridgehead atoms. The second kappa shape index (κ2) is 6.93. The first-order chi connectivity index (χ1) is 11.8. The number of hydrogen-bond donors (Lipinski definition) is 1. The lowest BCUT2D eigenvalue weighted by Crippen LogP contribution is -2.07. The van der Waals surface area contributed by atoms with Crippen molar-refractivity contribution in [2.24, 2.45) is 0 Å². The van der Waals surface area contributed by atoms with E-state index >= 15 is 0 Å². The summed E-state index contributed by atoms with van der Waals surface area (Å²) in [7, 11) is 0. The molecule has 0 aliphatic heterocycles. The summed E-state index contributed by atoms with van der Waals surface area (Å²) in [6.45, 7) is 0.0124. The maximum absolute atomic E-state index is 12.8. The quantitative estimate of drug-likeness (QED) is 0.625. The molecule has 1 heterocycles. The highest BCUT2D eigenvalue weighted by Gasteiger charge is 2.31. The van der Waals surface area contributed by atoms with Crippen molar-refractivity contribution in [3.05, 3.63) is 64.0 Å². The Labute approximate surface area is 150 Å². The number of hydrogen-bond acceptors (Lipinski definition) is 4. The summed E-state index contributed by atoms with van der Waals surface area (Å²) in [5.74, 6) is 0.404. The van der Waals surface area contributed by atoms with Crippen LogP contribution in [0.2, 0.25) is 10.0 Å². The van der Waals surface area contributed by atoms with Crippen LogP contribution in [0.1, 0.15) is 11.5 Å². The Balaban J connectivity index is 1.76. The number of alkyl halides is 3. The van der Waals surface area contributed by atoms with Gasteiger partial charge in [0.1, 0.15) is 0 Å². The van der Waals surface area contributed by atoms with Crippen LogP contribution in [0.4, 0.5) is 18.9 Å². The number of anilines is 1. The van der Waals surface area contributed by atoms with E-state index in [1.807, 2.05) is 0 Å². The fourth-order valence-corrected chi connectivity index (χ4v) is 2.48. The van der Waals surface area contributed by atoms with Crippen LogP contribution in [0.3, 0.4) is 0 Å². The van der Waals surface area contributed by atoms with E-state index < -0.39 is 11.7 Å². The zero-order chi connectivity index (χ0) is 18.0. The second-order valence-corrected chi connectivity index (χ2v) is 5.84. The highest BCUT2D eigenvalue weighted by atomic mass is 35.5. The lowest BCUT2D eigenvalue weighted by molar-refractivity contribution is -0.137. The van der Waals surface area contributed by atoms with Crippen LogP contribution in [0.5, 0.6) is 0 Å². The number of rotatable bonds is 4. The van der Waals surface area contributed by atoms with Gasteiger partial charge in [0.25, 0.3) is 0 Å². The molecule has 3 aromatic rings. The van der Waals surface area contributed by atoms with Crippen molar-refractivity contribution in [2.45, 2.75) is 12.7 Å². The molecule has 0 amide bonds. The van der Waals surface area contributed by atoms with Gasteiger partial charge in [0.2, 0.25) is 11.8 Å². The van der Waals surface area contributed by atoms with E-state index in [4.69, 9.17) is 27.6 Å². The van der Waals surface area contributed by atoms with Crippen molar-refractivity contribution in [2.75, 3.05) is 5.32 Å². The van der Waals surface area contributed by atoms with Gasteiger partial charge < -0.3 is 9.73 Å². The lowest BCUT2D eigenvalue weighted by Gasteiger charge is -2.11. The van der Waals surface area contributed by atoms with E-state index in [0.29, 0.717) is 10.6 Å². The predicted molar refractivity (Wildman–Crippen MR) is 88.5 cm³/mol. The highest BCUT2D eigenvalue weighted by Crippen LogP contribution is 2.34. The average Bonchev–Trinajstić information content (AvgIpc) is 3.02. The third kappa shape index (κ3) is 4.05. The van der Waals surface area contributed by atoms with Crippen LogP contribution in [0.25, 0.3) is 11.5 Å². The average molecular weight is 388 g/mol. The van der Waals surface area contributed by atoms with E-state index in [1.165, 1.54) is 6.07 Å². The number of nitrogens with one attached hydrogen (secondary N) is 1. The second-order valence-electron chi connectivity index (χ2n) is 5.03. The van der Waals surface area contributed by atoms with E-state index in [-0.39, 0.29) is 29.0 Å². The Hall–Kier alpha value is -2.25. The van der Waals surface area contributed by atoms with Crippen molar-refractivity contribution in [1.82, 2.24) is 10.2 Å². The van der Waals surface area contributed by atoms with E-state index in [1.54, 1.807) is 24.3 Å². The van der Waals surface area contributed by atoms with Gasteiger partial charge in [-0.15, -0.1) is 10.2 Å². The van der Waals surface area contributed by atoms with Crippen LogP contribution in [-0.2, 0) is 12.7 Å². The van der Waals surface area contributed by atoms with Gasteiger partial charge in [-0.1, -0.05) is 35.3 Å². The number of aromatic nitrogens is 2. The van der Waals surface area contributed by atoms with E-state index in [0.717, 1.165) is 12.1 Å². The molecule has 25 heavy (non-hydrogen) atoms. The standard InChI is InChI=1S/C16H10Cl2F3N3O/c17-11-4-2-1-3-10(11)15-24-23-14(25-15)8-22-13-7-9(16(19,20)21)5-6-12(13)18/h1-7,22H,8H2. The van der Waals surface area contributed by atoms with Gasteiger partial charge in [-0.25, -0.2) is 0 Å². The molecule has 1 N–H and O–H groups in total. The Kier molecular flexibility index (Phi) is 4.87. The SMILES string of the molecule is FC(F)(F)c1ccc(Cl)c(NCc2nnc(-c3ccccc3Cl)o2)c1. The number of nitrogens with zero attached hydrogens (tertiary/aromatic N) is 2. The van der Waals surface area contributed by atoms with Crippen molar-refractivity contribution in [3.8, 4) is 11.5 Å². The van der Waals surface area contributed by atoms with Crippen molar-refractivity contribution < 1.29 is 17.6 Å². The summed E-state index contributed by atoms with van der Waals surface area (Å²) < 4.78 is 43.8. The topological polar surface area (TPSA) is 51.0 Å². The molecule has 0 saturated carbocycles. The number of halogens is 5. The zero-order valence-electron chi connectivity index (χ0n) is 12.4. The molecule has 1 aromatic heterocycles. The maximum atomic E-state index is 12.8. The van der Waals surface area contributed by atoms with E-state index in [2.05, 4.69) is 15.5 Å². The van der Waals surface area contributed by atoms with Gasteiger partial charge in [0, 0.05) is 0 Å². The van der Waals surface area contributed by atoms with Crippen LogP contribution in [0.15, 0.2) is 46.9 Å². The maximum Gasteiger partial charge on any atom is 0.416 e. The van der Waals surface area contributed by atoms with Crippen molar-refractivity contribution in [3.63, 3.8) is 0 Å².